The molecule has 4 rings (SSSR count). The molecule has 3 aromatic carbocycles. The van der Waals surface area contributed by atoms with Gasteiger partial charge in [0.05, 0.1) is 22.5 Å². The van der Waals surface area contributed by atoms with Crippen LogP contribution in [0.25, 0.3) is 6.08 Å². The number of imide groups is 1. The zero-order valence-corrected chi connectivity index (χ0v) is 21.6. The van der Waals surface area contributed by atoms with Crippen LogP contribution in [0, 0.1) is 12.7 Å². The van der Waals surface area contributed by atoms with Gasteiger partial charge in [-0.25, -0.2) is 4.39 Å². The highest BCUT2D eigenvalue weighted by molar-refractivity contribution is 9.10. The first-order chi connectivity index (χ1) is 16.9. The van der Waals surface area contributed by atoms with Crippen LogP contribution < -0.4 is 9.47 Å². The molecule has 1 fully saturated rings. The van der Waals surface area contributed by atoms with E-state index in [4.69, 9.17) is 9.47 Å². The minimum absolute atomic E-state index is 0.232. The van der Waals surface area contributed by atoms with E-state index in [0.29, 0.717) is 33.0 Å². The summed E-state index contributed by atoms with van der Waals surface area (Å²) in [6, 6.07) is 17.3. The second-order valence-electron chi connectivity index (χ2n) is 7.87. The monoisotopic (exact) mass is 555 g/mol. The van der Waals surface area contributed by atoms with Crippen molar-refractivity contribution in [1.29, 1.82) is 0 Å². The van der Waals surface area contributed by atoms with Crippen LogP contribution in [0.4, 0.5) is 9.18 Å². The van der Waals surface area contributed by atoms with Crippen molar-refractivity contribution in [2.75, 3.05) is 6.61 Å². The van der Waals surface area contributed by atoms with Crippen LogP contribution >= 0.6 is 27.7 Å². The summed E-state index contributed by atoms with van der Waals surface area (Å²) >= 11 is 4.45. The van der Waals surface area contributed by atoms with E-state index in [9.17, 15) is 14.0 Å². The number of benzene rings is 3. The molecule has 2 amide bonds. The molecule has 1 aliphatic rings. The topological polar surface area (TPSA) is 55.8 Å². The largest absolute Gasteiger partial charge is 0.490 e. The Morgan fingerprint density at radius 2 is 1.80 bits per heavy atom. The molecule has 1 heterocycles. The predicted molar refractivity (Wildman–Crippen MR) is 139 cm³/mol. The first-order valence-corrected chi connectivity index (χ1v) is 12.6. The third kappa shape index (κ3) is 5.94. The maximum absolute atomic E-state index is 13.2. The number of aryl methyl sites for hydroxylation is 1. The third-order valence-electron chi connectivity index (χ3n) is 5.39. The third-order valence-corrected chi connectivity index (χ3v) is 6.89. The van der Waals surface area contributed by atoms with Crippen LogP contribution in [0.2, 0.25) is 0 Å². The van der Waals surface area contributed by atoms with E-state index in [-0.39, 0.29) is 30.1 Å². The number of amides is 2. The Balaban J connectivity index is 1.55. The molecule has 0 aliphatic carbocycles. The van der Waals surface area contributed by atoms with Gasteiger partial charge in [0.25, 0.3) is 11.1 Å². The van der Waals surface area contributed by atoms with Crippen LogP contribution in [-0.2, 0) is 17.9 Å². The lowest BCUT2D eigenvalue weighted by Crippen LogP contribution is -2.27. The zero-order valence-electron chi connectivity index (χ0n) is 19.2. The van der Waals surface area contributed by atoms with Gasteiger partial charge in [0.1, 0.15) is 12.4 Å². The van der Waals surface area contributed by atoms with E-state index >= 15 is 0 Å². The van der Waals surface area contributed by atoms with Crippen LogP contribution in [-0.4, -0.2) is 22.7 Å². The highest BCUT2D eigenvalue weighted by Crippen LogP contribution is 2.40. The average Bonchev–Trinajstić information content (AvgIpc) is 3.08. The number of thioether (sulfide) groups is 1. The molecule has 0 spiro atoms. The van der Waals surface area contributed by atoms with Crippen molar-refractivity contribution in [3.05, 3.63) is 98.1 Å². The quantitative estimate of drug-likeness (QED) is 0.277. The maximum atomic E-state index is 13.2. The van der Waals surface area contributed by atoms with Gasteiger partial charge in [-0.2, -0.15) is 0 Å². The molecule has 0 aromatic heterocycles. The van der Waals surface area contributed by atoms with Crippen molar-refractivity contribution in [2.24, 2.45) is 0 Å². The van der Waals surface area contributed by atoms with E-state index in [1.54, 1.807) is 30.3 Å². The summed E-state index contributed by atoms with van der Waals surface area (Å²) in [6.45, 7) is 4.70. The summed E-state index contributed by atoms with van der Waals surface area (Å²) in [7, 11) is 0. The van der Waals surface area contributed by atoms with Crippen LogP contribution in [0.1, 0.15) is 29.2 Å². The highest BCUT2D eigenvalue weighted by Gasteiger charge is 2.35. The molecular weight excluding hydrogens is 533 g/mol. The predicted octanol–water partition coefficient (Wildman–Crippen LogP) is 7.11. The smallest absolute Gasteiger partial charge is 0.293 e. The SMILES string of the molecule is CCOc1cc(/C=C2\SC(=O)N(Cc3ccccc3C)C2=O)cc(Br)c1OCc1ccc(F)cc1. The molecule has 35 heavy (non-hydrogen) atoms. The fourth-order valence-corrected chi connectivity index (χ4v) is 4.97. The van der Waals surface area contributed by atoms with Gasteiger partial charge in [-0.1, -0.05) is 36.4 Å². The molecule has 0 saturated carbocycles. The van der Waals surface area contributed by atoms with Crippen molar-refractivity contribution in [2.45, 2.75) is 27.0 Å². The van der Waals surface area contributed by atoms with Crippen molar-refractivity contribution in [3.63, 3.8) is 0 Å². The Morgan fingerprint density at radius 1 is 1.06 bits per heavy atom. The molecule has 0 unspecified atom stereocenters. The Labute approximate surface area is 216 Å². The second kappa shape index (κ2) is 11.1. The lowest BCUT2D eigenvalue weighted by molar-refractivity contribution is -0.123. The molecule has 1 aliphatic heterocycles. The molecule has 0 radical (unpaired) electrons. The van der Waals surface area contributed by atoms with Gasteiger partial charge in [-0.05, 0) is 94.1 Å². The highest BCUT2D eigenvalue weighted by atomic mass is 79.9. The molecule has 8 heteroatoms. The minimum Gasteiger partial charge on any atom is -0.490 e. The van der Waals surface area contributed by atoms with Gasteiger partial charge in [-0.3, -0.25) is 14.5 Å². The number of carbonyl (C=O) groups excluding carboxylic acids is 2. The minimum atomic E-state index is -0.325. The van der Waals surface area contributed by atoms with Gasteiger partial charge in [0.15, 0.2) is 11.5 Å². The molecule has 180 valence electrons. The molecule has 0 atom stereocenters. The number of rotatable bonds is 8. The van der Waals surface area contributed by atoms with E-state index < -0.39 is 0 Å². The molecule has 0 N–H and O–H groups in total. The number of nitrogens with zero attached hydrogens (tertiary/aromatic N) is 1. The molecular formula is C27H23BrFNO4S. The van der Waals surface area contributed by atoms with Crippen LogP contribution in [0.3, 0.4) is 0 Å². The van der Waals surface area contributed by atoms with Gasteiger partial charge in [0.2, 0.25) is 0 Å². The summed E-state index contributed by atoms with van der Waals surface area (Å²) in [5.41, 5.74) is 3.46. The molecule has 5 nitrogen and oxygen atoms in total. The van der Waals surface area contributed by atoms with Crippen molar-refractivity contribution in [3.8, 4) is 11.5 Å². The van der Waals surface area contributed by atoms with Gasteiger partial charge in [0, 0.05) is 0 Å². The van der Waals surface area contributed by atoms with Gasteiger partial charge in [-0.15, -0.1) is 0 Å². The molecule has 0 bridgehead atoms. The normalized spacial score (nSPS) is 14.6. The number of halogens is 2. The fraction of sp³-hybridized carbons (Fsp3) is 0.185. The Bertz CT molecular complexity index is 1290. The summed E-state index contributed by atoms with van der Waals surface area (Å²) in [4.78, 5) is 27.2. The van der Waals surface area contributed by atoms with E-state index in [0.717, 1.165) is 28.5 Å². The van der Waals surface area contributed by atoms with Crippen LogP contribution in [0.5, 0.6) is 11.5 Å². The Hall–Kier alpha value is -3.10. The second-order valence-corrected chi connectivity index (χ2v) is 9.72. The summed E-state index contributed by atoms with van der Waals surface area (Å²) < 4.78 is 25.5. The lowest BCUT2D eigenvalue weighted by Gasteiger charge is -2.15. The van der Waals surface area contributed by atoms with Crippen molar-refractivity contribution >= 4 is 44.9 Å². The van der Waals surface area contributed by atoms with E-state index in [1.165, 1.54) is 17.0 Å². The fourth-order valence-electron chi connectivity index (χ4n) is 3.56. The summed E-state index contributed by atoms with van der Waals surface area (Å²) in [5.74, 6) is 0.363. The summed E-state index contributed by atoms with van der Waals surface area (Å²) in [5, 5.41) is -0.298. The first-order valence-electron chi connectivity index (χ1n) is 11.0. The van der Waals surface area contributed by atoms with Crippen molar-refractivity contribution in [1.82, 2.24) is 4.90 Å². The Kier molecular flexibility index (Phi) is 7.93. The van der Waals surface area contributed by atoms with Crippen molar-refractivity contribution < 1.29 is 23.5 Å². The Morgan fingerprint density at radius 3 is 2.51 bits per heavy atom. The molecule has 3 aromatic rings. The first kappa shape index (κ1) is 25.0. The summed E-state index contributed by atoms with van der Waals surface area (Å²) in [6.07, 6.45) is 1.68. The van der Waals surface area contributed by atoms with Gasteiger partial charge >= 0.3 is 0 Å². The lowest BCUT2D eigenvalue weighted by atomic mass is 10.1. The van der Waals surface area contributed by atoms with Crippen LogP contribution in [0.15, 0.2) is 70.0 Å². The zero-order chi connectivity index (χ0) is 24.9. The van der Waals surface area contributed by atoms with E-state index in [1.807, 2.05) is 38.1 Å². The number of carbonyl (C=O) groups is 2. The van der Waals surface area contributed by atoms with Gasteiger partial charge < -0.3 is 9.47 Å². The number of hydrogen-bond acceptors (Lipinski definition) is 5. The molecule has 1 saturated heterocycles. The standard InChI is InChI=1S/C27H23BrFNO4S/c1-3-33-23-13-19(12-22(28)25(23)34-16-18-8-10-21(29)11-9-18)14-24-26(31)30(27(32)35-24)15-20-7-5-4-6-17(20)2/h4-14H,3,15-16H2,1-2H3/b24-14-. The number of hydrogen-bond donors (Lipinski definition) is 0. The average molecular weight is 556 g/mol. The number of ether oxygens (including phenoxy) is 2. The van der Waals surface area contributed by atoms with E-state index in [2.05, 4.69) is 15.9 Å². The maximum Gasteiger partial charge on any atom is 0.293 e.